The highest BCUT2D eigenvalue weighted by atomic mass is 32.2. The first-order chi connectivity index (χ1) is 10.6. The van der Waals surface area contributed by atoms with Crippen molar-refractivity contribution < 1.29 is 14.4 Å². The van der Waals surface area contributed by atoms with E-state index in [0.29, 0.717) is 15.6 Å². The van der Waals surface area contributed by atoms with Crippen LogP contribution in [0, 0.1) is 0 Å². The summed E-state index contributed by atoms with van der Waals surface area (Å²) in [5.41, 5.74) is 1.22. The highest BCUT2D eigenvalue weighted by molar-refractivity contribution is 8.18. The molecule has 6 nitrogen and oxygen atoms in total. The van der Waals surface area contributed by atoms with Crippen molar-refractivity contribution in [3.63, 3.8) is 0 Å². The van der Waals surface area contributed by atoms with Crippen LogP contribution >= 0.6 is 23.1 Å². The Morgan fingerprint density at radius 2 is 2.00 bits per heavy atom. The summed E-state index contributed by atoms with van der Waals surface area (Å²) in [5.74, 6) is -0.655. The second kappa shape index (κ2) is 6.12. The van der Waals surface area contributed by atoms with Gasteiger partial charge in [0.05, 0.1) is 4.91 Å². The first-order valence-corrected chi connectivity index (χ1v) is 7.87. The number of hydrogen-bond acceptors (Lipinski definition) is 6. The minimum absolute atomic E-state index is 0.252. The Balaban J connectivity index is 1.73. The lowest BCUT2D eigenvalue weighted by molar-refractivity contribution is -0.115. The summed E-state index contributed by atoms with van der Waals surface area (Å²) in [4.78, 5) is 38.8. The SMILES string of the molecule is O=C1NC(=O)/C(=C/c2ccc(C(=O)Nc3nccs3)cc2)S1. The molecule has 0 unspecified atom stereocenters. The Labute approximate surface area is 133 Å². The zero-order chi connectivity index (χ0) is 15.5. The quantitative estimate of drug-likeness (QED) is 0.844. The molecule has 0 radical (unpaired) electrons. The van der Waals surface area contributed by atoms with E-state index in [2.05, 4.69) is 15.6 Å². The molecule has 2 aromatic rings. The minimum atomic E-state index is -0.402. The molecule has 3 amide bonds. The Kier molecular flexibility index (Phi) is 4.03. The highest BCUT2D eigenvalue weighted by Gasteiger charge is 2.24. The van der Waals surface area contributed by atoms with E-state index in [9.17, 15) is 14.4 Å². The zero-order valence-electron chi connectivity index (χ0n) is 11.0. The van der Waals surface area contributed by atoms with E-state index in [1.807, 2.05) is 0 Å². The average molecular weight is 331 g/mol. The first kappa shape index (κ1) is 14.5. The maximum Gasteiger partial charge on any atom is 0.290 e. The van der Waals surface area contributed by atoms with Crippen LogP contribution in [0.3, 0.4) is 0 Å². The molecule has 2 N–H and O–H groups in total. The predicted octanol–water partition coefficient (Wildman–Crippen LogP) is 2.72. The fourth-order valence-corrected chi connectivity index (χ4v) is 2.96. The van der Waals surface area contributed by atoms with Crippen LogP contribution in [0.2, 0.25) is 0 Å². The van der Waals surface area contributed by atoms with Gasteiger partial charge < -0.3 is 0 Å². The van der Waals surface area contributed by atoms with Crippen molar-refractivity contribution in [1.82, 2.24) is 10.3 Å². The molecular weight excluding hydrogens is 322 g/mol. The number of benzene rings is 1. The monoisotopic (exact) mass is 331 g/mol. The van der Waals surface area contributed by atoms with Crippen LogP contribution in [0.25, 0.3) is 6.08 Å². The molecule has 22 heavy (non-hydrogen) atoms. The molecule has 0 bridgehead atoms. The van der Waals surface area contributed by atoms with E-state index >= 15 is 0 Å². The van der Waals surface area contributed by atoms with Crippen LogP contribution in [0.5, 0.6) is 0 Å². The molecule has 0 atom stereocenters. The van der Waals surface area contributed by atoms with Crippen molar-refractivity contribution in [2.24, 2.45) is 0 Å². The van der Waals surface area contributed by atoms with Crippen LogP contribution in [0.15, 0.2) is 40.7 Å². The first-order valence-electron chi connectivity index (χ1n) is 6.17. The molecule has 2 heterocycles. The fourth-order valence-electron chi connectivity index (χ4n) is 1.76. The summed E-state index contributed by atoms with van der Waals surface area (Å²) in [7, 11) is 0. The van der Waals surface area contributed by atoms with Gasteiger partial charge in [-0.1, -0.05) is 12.1 Å². The lowest BCUT2D eigenvalue weighted by Gasteiger charge is -2.02. The Bertz CT molecular complexity index is 767. The summed E-state index contributed by atoms with van der Waals surface area (Å²) >= 11 is 2.20. The summed E-state index contributed by atoms with van der Waals surface area (Å²) in [5, 5.41) is 6.80. The van der Waals surface area contributed by atoms with Crippen LogP contribution in [-0.4, -0.2) is 22.0 Å². The van der Waals surface area contributed by atoms with Gasteiger partial charge >= 0.3 is 0 Å². The zero-order valence-corrected chi connectivity index (χ0v) is 12.7. The van der Waals surface area contributed by atoms with Gasteiger partial charge in [-0.05, 0) is 35.5 Å². The maximum atomic E-state index is 12.0. The molecule has 1 aromatic carbocycles. The van der Waals surface area contributed by atoms with Crippen molar-refractivity contribution in [3.8, 4) is 0 Å². The van der Waals surface area contributed by atoms with Crippen LogP contribution in [0.4, 0.5) is 9.93 Å². The molecule has 0 aliphatic carbocycles. The lowest BCUT2D eigenvalue weighted by atomic mass is 10.1. The number of imide groups is 1. The minimum Gasteiger partial charge on any atom is -0.298 e. The maximum absolute atomic E-state index is 12.0. The summed E-state index contributed by atoms with van der Waals surface area (Å²) in [6.07, 6.45) is 3.22. The van der Waals surface area contributed by atoms with Gasteiger partial charge in [0.1, 0.15) is 0 Å². The third-order valence-corrected chi connectivity index (χ3v) is 4.26. The molecule has 8 heteroatoms. The van der Waals surface area contributed by atoms with Crippen molar-refractivity contribution in [2.45, 2.75) is 0 Å². The standard InChI is InChI=1S/C14H9N3O3S2/c18-11(16-13-15-5-6-21-13)9-3-1-8(2-4-9)7-10-12(19)17-14(20)22-10/h1-7H,(H,15,16,18)(H,17,19,20)/b10-7-. The number of thiazole rings is 1. The Hall–Kier alpha value is -2.45. The molecule has 1 aromatic heterocycles. The van der Waals surface area contributed by atoms with Gasteiger partial charge in [0.25, 0.3) is 17.1 Å². The largest absolute Gasteiger partial charge is 0.298 e. The number of nitrogens with one attached hydrogen (secondary N) is 2. The van der Waals surface area contributed by atoms with Crippen molar-refractivity contribution in [3.05, 3.63) is 51.9 Å². The summed E-state index contributed by atoms with van der Waals surface area (Å²) in [6, 6.07) is 6.71. The topological polar surface area (TPSA) is 88.2 Å². The number of rotatable bonds is 3. The number of carbonyl (C=O) groups excluding carboxylic acids is 3. The van der Waals surface area contributed by atoms with Gasteiger partial charge in [0.2, 0.25) is 0 Å². The predicted molar refractivity (Wildman–Crippen MR) is 85.6 cm³/mol. The summed E-state index contributed by atoms with van der Waals surface area (Å²) < 4.78 is 0. The Morgan fingerprint density at radius 3 is 2.59 bits per heavy atom. The van der Waals surface area contributed by atoms with E-state index in [1.54, 1.807) is 41.9 Å². The normalized spacial score (nSPS) is 15.9. The molecule has 0 spiro atoms. The number of anilines is 1. The van der Waals surface area contributed by atoms with E-state index in [1.165, 1.54) is 11.3 Å². The molecular formula is C14H9N3O3S2. The van der Waals surface area contributed by atoms with E-state index in [-0.39, 0.29) is 11.1 Å². The van der Waals surface area contributed by atoms with Crippen LogP contribution < -0.4 is 10.6 Å². The molecule has 1 saturated heterocycles. The van der Waals surface area contributed by atoms with Gasteiger partial charge in [-0.15, -0.1) is 11.3 Å². The van der Waals surface area contributed by atoms with Crippen LogP contribution in [-0.2, 0) is 4.79 Å². The highest BCUT2D eigenvalue weighted by Crippen LogP contribution is 2.25. The van der Waals surface area contributed by atoms with Gasteiger partial charge in [-0.2, -0.15) is 0 Å². The van der Waals surface area contributed by atoms with Crippen molar-refractivity contribution in [1.29, 1.82) is 0 Å². The number of hydrogen-bond donors (Lipinski definition) is 2. The lowest BCUT2D eigenvalue weighted by Crippen LogP contribution is -2.17. The van der Waals surface area contributed by atoms with Crippen molar-refractivity contribution >= 4 is 51.4 Å². The molecule has 3 rings (SSSR count). The van der Waals surface area contributed by atoms with E-state index < -0.39 is 5.91 Å². The molecule has 1 aliphatic rings. The second-order valence-electron chi connectivity index (χ2n) is 4.27. The average Bonchev–Trinajstić information content (AvgIpc) is 3.10. The van der Waals surface area contributed by atoms with Gasteiger partial charge in [-0.25, -0.2) is 4.98 Å². The van der Waals surface area contributed by atoms with Gasteiger partial charge in [0, 0.05) is 17.1 Å². The third-order valence-electron chi connectivity index (χ3n) is 2.77. The summed E-state index contributed by atoms with van der Waals surface area (Å²) in [6.45, 7) is 0. The Morgan fingerprint density at radius 1 is 1.23 bits per heavy atom. The van der Waals surface area contributed by atoms with Crippen molar-refractivity contribution in [2.75, 3.05) is 5.32 Å². The molecule has 1 aliphatic heterocycles. The fraction of sp³-hybridized carbons (Fsp3) is 0. The molecule has 110 valence electrons. The van der Waals surface area contributed by atoms with Gasteiger partial charge in [-0.3, -0.25) is 25.0 Å². The van der Waals surface area contributed by atoms with E-state index in [0.717, 1.165) is 17.3 Å². The molecule has 0 saturated carbocycles. The number of thioether (sulfide) groups is 1. The van der Waals surface area contributed by atoms with Crippen LogP contribution in [0.1, 0.15) is 15.9 Å². The van der Waals surface area contributed by atoms with Gasteiger partial charge in [0.15, 0.2) is 5.13 Å². The van der Waals surface area contributed by atoms with E-state index in [4.69, 9.17) is 0 Å². The molecule has 1 fully saturated rings. The number of aromatic nitrogens is 1. The number of amides is 3. The smallest absolute Gasteiger partial charge is 0.290 e. The number of nitrogens with zero attached hydrogens (tertiary/aromatic N) is 1. The third kappa shape index (κ3) is 3.23. The number of carbonyl (C=O) groups is 3. The second-order valence-corrected chi connectivity index (χ2v) is 6.17.